The molecule has 0 aliphatic rings. The van der Waals surface area contributed by atoms with Gasteiger partial charge in [0.05, 0.1) is 0 Å². The van der Waals surface area contributed by atoms with Crippen molar-refractivity contribution < 1.29 is 4.79 Å². The van der Waals surface area contributed by atoms with Crippen LogP contribution in [0.5, 0.6) is 0 Å². The van der Waals surface area contributed by atoms with Crippen molar-refractivity contribution in [2.24, 2.45) is 5.84 Å². The summed E-state index contributed by atoms with van der Waals surface area (Å²) in [5.41, 5.74) is 5.50. The minimum atomic E-state index is -0.305. The monoisotopic (exact) mass is 257 g/mol. The number of nitrogens with one attached hydrogen (secondary N) is 2. The topological polar surface area (TPSA) is 92.9 Å². The van der Waals surface area contributed by atoms with Gasteiger partial charge in [-0.1, -0.05) is 6.07 Å². The Morgan fingerprint density at radius 1 is 1.11 bits per heavy atom. The smallest absolute Gasteiger partial charge is 0.276 e. The highest BCUT2D eigenvalue weighted by Gasteiger charge is 2.08. The predicted octanol–water partition coefficient (Wildman–Crippen LogP) is 1.63. The molecule has 0 saturated carbocycles. The number of benzene rings is 1. The average Bonchev–Trinajstić information content (AvgIpc) is 2.37. The van der Waals surface area contributed by atoms with Gasteiger partial charge in [-0.3, -0.25) is 4.79 Å². The van der Waals surface area contributed by atoms with Crippen molar-refractivity contribution in [2.45, 2.75) is 13.8 Å². The highest BCUT2D eigenvalue weighted by molar-refractivity contribution is 6.02. The lowest BCUT2D eigenvalue weighted by molar-refractivity contribution is 0.102. The number of hydrogen-bond donors (Lipinski definition) is 3. The van der Waals surface area contributed by atoms with Crippen LogP contribution >= 0.6 is 0 Å². The zero-order valence-electron chi connectivity index (χ0n) is 10.8. The molecule has 2 rings (SSSR count). The lowest BCUT2D eigenvalue weighted by atomic mass is 10.1. The van der Waals surface area contributed by atoms with Gasteiger partial charge in [-0.2, -0.15) is 0 Å². The first-order valence-electron chi connectivity index (χ1n) is 5.78. The van der Waals surface area contributed by atoms with Crippen LogP contribution in [0.15, 0.2) is 30.3 Å². The quantitative estimate of drug-likeness (QED) is 0.574. The summed E-state index contributed by atoms with van der Waals surface area (Å²) < 4.78 is 0. The second-order valence-corrected chi connectivity index (χ2v) is 4.28. The first kappa shape index (κ1) is 13.0. The summed E-state index contributed by atoms with van der Waals surface area (Å²) in [6.45, 7) is 3.95. The van der Waals surface area contributed by atoms with E-state index in [1.807, 2.05) is 32.0 Å². The Kier molecular flexibility index (Phi) is 3.72. The maximum Gasteiger partial charge on any atom is 0.276 e. The van der Waals surface area contributed by atoms with Gasteiger partial charge in [-0.05, 0) is 49.2 Å². The summed E-state index contributed by atoms with van der Waals surface area (Å²) in [7, 11) is 0. The standard InChI is InChI=1S/C13H15N5O/c1-8-5-9(2)7-10(6-8)15-13(19)11-3-4-12(16-14)18-17-11/h3-7H,14H2,1-2H3,(H,15,19)(H,16,18). The normalized spacial score (nSPS) is 10.1. The van der Waals surface area contributed by atoms with Crippen LogP contribution in [-0.2, 0) is 0 Å². The van der Waals surface area contributed by atoms with E-state index in [0.717, 1.165) is 16.8 Å². The molecule has 0 bridgehead atoms. The van der Waals surface area contributed by atoms with Crippen LogP contribution in [-0.4, -0.2) is 16.1 Å². The van der Waals surface area contributed by atoms with Crippen molar-refractivity contribution in [3.8, 4) is 0 Å². The molecule has 2 aromatic rings. The van der Waals surface area contributed by atoms with E-state index < -0.39 is 0 Å². The molecule has 6 heteroatoms. The Bertz CT molecular complexity index is 574. The molecule has 1 amide bonds. The van der Waals surface area contributed by atoms with Crippen LogP contribution in [0, 0.1) is 13.8 Å². The molecule has 0 aliphatic carbocycles. The zero-order chi connectivity index (χ0) is 13.8. The molecule has 0 unspecified atom stereocenters. The number of anilines is 2. The molecular formula is C13H15N5O. The molecule has 6 nitrogen and oxygen atoms in total. The van der Waals surface area contributed by atoms with Crippen LogP contribution in [0.1, 0.15) is 21.6 Å². The summed E-state index contributed by atoms with van der Waals surface area (Å²) in [6, 6.07) is 8.98. The number of rotatable bonds is 3. The molecular weight excluding hydrogens is 242 g/mol. The Morgan fingerprint density at radius 2 is 1.79 bits per heavy atom. The van der Waals surface area contributed by atoms with Gasteiger partial charge in [0.2, 0.25) is 0 Å². The molecule has 0 atom stereocenters. The molecule has 98 valence electrons. The van der Waals surface area contributed by atoms with Crippen LogP contribution in [0.3, 0.4) is 0 Å². The molecule has 1 aromatic carbocycles. The summed E-state index contributed by atoms with van der Waals surface area (Å²) in [4.78, 5) is 12.0. The number of hydrogen-bond acceptors (Lipinski definition) is 5. The minimum absolute atomic E-state index is 0.234. The predicted molar refractivity (Wildman–Crippen MR) is 73.7 cm³/mol. The van der Waals surface area contributed by atoms with Gasteiger partial charge in [0.15, 0.2) is 11.5 Å². The van der Waals surface area contributed by atoms with E-state index in [0.29, 0.717) is 5.82 Å². The SMILES string of the molecule is Cc1cc(C)cc(NC(=O)c2ccc(NN)nn2)c1. The summed E-state index contributed by atoms with van der Waals surface area (Å²) in [5, 5.41) is 10.3. The van der Waals surface area contributed by atoms with Crippen molar-refractivity contribution in [1.82, 2.24) is 10.2 Å². The highest BCUT2D eigenvalue weighted by atomic mass is 16.1. The minimum Gasteiger partial charge on any atom is -0.321 e. The van der Waals surface area contributed by atoms with Crippen LogP contribution in [0.25, 0.3) is 0 Å². The molecule has 19 heavy (non-hydrogen) atoms. The van der Waals surface area contributed by atoms with Crippen LogP contribution in [0.4, 0.5) is 11.5 Å². The maximum atomic E-state index is 12.0. The van der Waals surface area contributed by atoms with E-state index >= 15 is 0 Å². The molecule has 0 aliphatic heterocycles. The number of carbonyl (C=O) groups excluding carboxylic acids is 1. The van der Waals surface area contributed by atoms with Gasteiger partial charge in [0.25, 0.3) is 5.91 Å². The van der Waals surface area contributed by atoms with E-state index in [2.05, 4.69) is 20.9 Å². The van der Waals surface area contributed by atoms with Gasteiger partial charge in [0, 0.05) is 5.69 Å². The average molecular weight is 257 g/mol. The van der Waals surface area contributed by atoms with E-state index in [9.17, 15) is 4.79 Å². The molecule has 4 N–H and O–H groups in total. The molecule has 1 heterocycles. The zero-order valence-corrected chi connectivity index (χ0v) is 10.8. The van der Waals surface area contributed by atoms with Crippen molar-refractivity contribution in [1.29, 1.82) is 0 Å². The Morgan fingerprint density at radius 3 is 2.32 bits per heavy atom. The molecule has 0 fully saturated rings. The molecule has 0 radical (unpaired) electrons. The van der Waals surface area contributed by atoms with Gasteiger partial charge < -0.3 is 10.7 Å². The first-order valence-corrected chi connectivity index (χ1v) is 5.78. The second-order valence-electron chi connectivity index (χ2n) is 4.28. The lowest BCUT2D eigenvalue weighted by Crippen LogP contribution is -2.16. The Labute approximate surface area is 111 Å². The molecule has 0 saturated heterocycles. The highest BCUT2D eigenvalue weighted by Crippen LogP contribution is 2.14. The number of aryl methyl sites for hydroxylation is 2. The Balaban J connectivity index is 2.15. The van der Waals surface area contributed by atoms with E-state index in [-0.39, 0.29) is 11.6 Å². The maximum absolute atomic E-state index is 12.0. The van der Waals surface area contributed by atoms with Crippen LogP contribution in [0.2, 0.25) is 0 Å². The van der Waals surface area contributed by atoms with Gasteiger partial charge in [0.1, 0.15) is 0 Å². The second kappa shape index (κ2) is 5.45. The number of carbonyl (C=O) groups is 1. The van der Waals surface area contributed by atoms with Crippen molar-refractivity contribution in [3.05, 3.63) is 47.2 Å². The van der Waals surface area contributed by atoms with E-state index in [4.69, 9.17) is 5.84 Å². The number of nitrogens with zero attached hydrogens (tertiary/aromatic N) is 2. The third kappa shape index (κ3) is 3.26. The summed E-state index contributed by atoms with van der Waals surface area (Å²) in [6.07, 6.45) is 0. The van der Waals surface area contributed by atoms with Crippen LogP contribution < -0.4 is 16.6 Å². The third-order valence-electron chi connectivity index (χ3n) is 2.52. The summed E-state index contributed by atoms with van der Waals surface area (Å²) >= 11 is 0. The fraction of sp³-hybridized carbons (Fsp3) is 0.154. The van der Waals surface area contributed by atoms with Gasteiger partial charge in [-0.15, -0.1) is 10.2 Å². The number of amides is 1. The fourth-order valence-electron chi connectivity index (χ4n) is 1.77. The number of aromatic nitrogens is 2. The van der Waals surface area contributed by atoms with E-state index in [1.165, 1.54) is 0 Å². The Hall–Kier alpha value is -2.47. The number of nitrogen functional groups attached to an aromatic ring is 1. The third-order valence-corrected chi connectivity index (χ3v) is 2.52. The molecule has 1 aromatic heterocycles. The molecule has 0 spiro atoms. The number of hydrazine groups is 1. The largest absolute Gasteiger partial charge is 0.321 e. The summed E-state index contributed by atoms with van der Waals surface area (Å²) in [5.74, 6) is 5.28. The van der Waals surface area contributed by atoms with Gasteiger partial charge >= 0.3 is 0 Å². The first-order chi connectivity index (χ1) is 9.08. The fourth-order valence-corrected chi connectivity index (χ4v) is 1.77. The van der Waals surface area contributed by atoms with Crippen molar-refractivity contribution >= 4 is 17.4 Å². The number of nitrogens with two attached hydrogens (primary N) is 1. The van der Waals surface area contributed by atoms with Crippen molar-refractivity contribution in [2.75, 3.05) is 10.7 Å². The lowest BCUT2D eigenvalue weighted by Gasteiger charge is -2.07. The van der Waals surface area contributed by atoms with Crippen molar-refractivity contribution in [3.63, 3.8) is 0 Å². The van der Waals surface area contributed by atoms with Gasteiger partial charge in [-0.25, -0.2) is 5.84 Å². The van der Waals surface area contributed by atoms with E-state index in [1.54, 1.807) is 12.1 Å².